The molecule has 0 bridgehead atoms. The van der Waals surface area contributed by atoms with Crippen LogP contribution in [0.15, 0.2) is 24.3 Å². The Balaban J connectivity index is 1.67. The molecule has 0 atom stereocenters. The SMILES string of the molecule is O=C(NCc1nn[nH]n1)c1nn(-c2cccc(F)c2)c2c1CCCC2. The van der Waals surface area contributed by atoms with E-state index < -0.39 is 0 Å². The standard InChI is InChI=1S/C16H16FN7O/c17-10-4-3-5-11(8-10)24-13-7-2-1-6-12(13)15(21-24)16(25)18-9-14-19-22-23-20-14/h3-5,8H,1-2,6-7,9H2,(H,18,25)(H,19,20,22,23). The van der Waals surface area contributed by atoms with Crippen LogP contribution in [0, 0.1) is 5.82 Å². The Kier molecular flexibility index (Phi) is 3.96. The Morgan fingerprint density at radius 1 is 1.32 bits per heavy atom. The number of rotatable bonds is 4. The first-order valence-electron chi connectivity index (χ1n) is 8.09. The van der Waals surface area contributed by atoms with Crippen molar-refractivity contribution in [3.63, 3.8) is 0 Å². The van der Waals surface area contributed by atoms with Crippen molar-refractivity contribution in [2.75, 3.05) is 0 Å². The van der Waals surface area contributed by atoms with Gasteiger partial charge in [0.05, 0.1) is 12.2 Å². The summed E-state index contributed by atoms with van der Waals surface area (Å²) < 4.78 is 15.3. The molecule has 9 heteroatoms. The van der Waals surface area contributed by atoms with Crippen LogP contribution in [0.2, 0.25) is 0 Å². The quantitative estimate of drug-likeness (QED) is 0.745. The second-order valence-corrected chi connectivity index (χ2v) is 5.88. The molecule has 0 radical (unpaired) electrons. The van der Waals surface area contributed by atoms with Crippen molar-refractivity contribution in [3.8, 4) is 5.69 Å². The van der Waals surface area contributed by atoms with Gasteiger partial charge in [-0.2, -0.15) is 10.3 Å². The van der Waals surface area contributed by atoms with Crippen LogP contribution in [0.4, 0.5) is 4.39 Å². The van der Waals surface area contributed by atoms with Crippen molar-refractivity contribution in [3.05, 3.63) is 52.9 Å². The Morgan fingerprint density at radius 2 is 2.20 bits per heavy atom. The zero-order chi connectivity index (χ0) is 17.2. The van der Waals surface area contributed by atoms with Crippen molar-refractivity contribution < 1.29 is 9.18 Å². The molecule has 0 spiro atoms. The average Bonchev–Trinajstić information content (AvgIpc) is 3.27. The Bertz CT molecular complexity index is 903. The summed E-state index contributed by atoms with van der Waals surface area (Å²) in [4.78, 5) is 12.6. The van der Waals surface area contributed by atoms with Gasteiger partial charge in [-0.25, -0.2) is 9.07 Å². The molecule has 1 aliphatic rings. The lowest BCUT2D eigenvalue weighted by molar-refractivity contribution is 0.0943. The monoisotopic (exact) mass is 341 g/mol. The van der Waals surface area contributed by atoms with Gasteiger partial charge in [0.1, 0.15) is 5.82 Å². The van der Waals surface area contributed by atoms with E-state index in [1.165, 1.54) is 12.1 Å². The molecular weight excluding hydrogens is 325 g/mol. The van der Waals surface area contributed by atoms with Gasteiger partial charge < -0.3 is 5.32 Å². The zero-order valence-electron chi connectivity index (χ0n) is 13.4. The molecule has 0 unspecified atom stereocenters. The maximum atomic E-state index is 13.6. The van der Waals surface area contributed by atoms with E-state index >= 15 is 0 Å². The van der Waals surface area contributed by atoms with Gasteiger partial charge in [-0.05, 0) is 43.9 Å². The molecule has 8 nitrogen and oxygen atoms in total. The van der Waals surface area contributed by atoms with Crippen molar-refractivity contribution in [2.45, 2.75) is 32.2 Å². The number of H-pyrrole nitrogens is 1. The van der Waals surface area contributed by atoms with Gasteiger partial charge in [-0.15, -0.1) is 10.2 Å². The molecule has 25 heavy (non-hydrogen) atoms. The molecular formula is C16H16FN7O. The van der Waals surface area contributed by atoms with Gasteiger partial charge >= 0.3 is 0 Å². The molecule has 2 N–H and O–H groups in total. The van der Waals surface area contributed by atoms with Crippen LogP contribution in [0.3, 0.4) is 0 Å². The maximum Gasteiger partial charge on any atom is 0.272 e. The molecule has 1 aromatic carbocycles. The molecule has 0 fully saturated rings. The number of halogens is 1. The van der Waals surface area contributed by atoms with E-state index in [2.05, 4.69) is 31.0 Å². The predicted molar refractivity (Wildman–Crippen MR) is 85.5 cm³/mol. The highest BCUT2D eigenvalue weighted by Crippen LogP contribution is 2.27. The van der Waals surface area contributed by atoms with Crippen LogP contribution >= 0.6 is 0 Å². The minimum Gasteiger partial charge on any atom is -0.343 e. The number of nitrogens with zero attached hydrogens (tertiary/aromatic N) is 5. The van der Waals surface area contributed by atoms with Crippen LogP contribution < -0.4 is 5.32 Å². The first-order valence-corrected chi connectivity index (χ1v) is 8.09. The maximum absolute atomic E-state index is 13.6. The predicted octanol–water partition coefficient (Wildman–Crippen LogP) is 1.33. The van der Waals surface area contributed by atoms with E-state index in [0.717, 1.165) is 36.9 Å². The number of aromatic nitrogens is 6. The first kappa shape index (κ1) is 15.4. The summed E-state index contributed by atoms with van der Waals surface area (Å²) in [5.74, 6) is -0.231. The van der Waals surface area contributed by atoms with Crippen molar-refractivity contribution in [2.24, 2.45) is 0 Å². The van der Waals surface area contributed by atoms with E-state index in [0.29, 0.717) is 17.2 Å². The van der Waals surface area contributed by atoms with Crippen LogP contribution in [0.1, 0.15) is 40.4 Å². The molecule has 3 aromatic rings. The van der Waals surface area contributed by atoms with Crippen molar-refractivity contribution in [1.82, 2.24) is 35.7 Å². The van der Waals surface area contributed by atoms with Crippen molar-refractivity contribution in [1.29, 1.82) is 0 Å². The Hall–Kier alpha value is -3.10. The van der Waals surface area contributed by atoms with Gasteiger partial charge in [-0.3, -0.25) is 4.79 Å². The van der Waals surface area contributed by atoms with E-state index in [4.69, 9.17) is 0 Å². The number of hydrogen-bond donors (Lipinski definition) is 2. The van der Waals surface area contributed by atoms with E-state index in [1.807, 2.05) is 0 Å². The third-order valence-corrected chi connectivity index (χ3v) is 4.24. The smallest absolute Gasteiger partial charge is 0.272 e. The fourth-order valence-corrected chi connectivity index (χ4v) is 3.10. The third-order valence-electron chi connectivity index (χ3n) is 4.24. The number of tetrazole rings is 1. The van der Waals surface area contributed by atoms with Crippen LogP contribution in [-0.2, 0) is 19.4 Å². The summed E-state index contributed by atoms with van der Waals surface area (Å²) in [7, 11) is 0. The van der Waals surface area contributed by atoms with Gasteiger partial charge in [0.2, 0.25) is 0 Å². The normalized spacial score (nSPS) is 13.5. The molecule has 1 amide bonds. The summed E-state index contributed by atoms with van der Waals surface area (Å²) in [6.07, 6.45) is 3.64. The summed E-state index contributed by atoms with van der Waals surface area (Å²) in [6.45, 7) is 0.164. The number of hydrogen-bond acceptors (Lipinski definition) is 5. The Morgan fingerprint density at radius 3 is 3.00 bits per heavy atom. The van der Waals surface area contributed by atoms with Crippen LogP contribution in [0.25, 0.3) is 5.69 Å². The third kappa shape index (κ3) is 3.00. The lowest BCUT2D eigenvalue weighted by Crippen LogP contribution is -2.25. The molecule has 0 aliphatic heterocycles. The average molecular weight is 341 g/mol. The van der Waals surface area contributed by atoms with Crippen LogP contribution in [-0.4, -0.2) is 36.3 Å². The molecule has 0 saturated heterocycles. The van der Waals surface area contributed by atoms with Gasteiger partial charge in [0.25, 0.3) is 5.91 Å². The lowest BCUT2D eigenvalue weighted by Gasteiger charge is -2.14. The second-order valence-electron chi connectivity index (χ2n) is 5.88. The van der Waals surface area contributed by atoms with Crippen LogP contribution in [0.5, 0.6) is 0 Å². The molecule has 128 valence electrons. The molecule has 4 rings (SSSR count). The Labute approximate surface area is 142 Å². The molecule has 0 saturated carbocycles. The number of amides is 1. The van der Waals surface area contributed by atoms with Gasteiger partial charge in [-0.1, -0.05) is 11.3 Å². The van der Waals surface area contributed by atoms with E-state index in [9.17, 15) is 9.18 Å². The lowest BCUT2D eigenvalue weighted by atomic mass is 9.95. The number of benzene rings is 1. The number of nitrogens with one attached hydrogen (secondary N) is 2. The fourth-order valence-electron chi connectivity index (χ4n) is 3.10. The number of fused-ring (bicyclic) bond motifs is 1. The zero-order valence-corrected chi connectivity index (χ0v) is 13.4. The summed E-state index contributed by atoms with van der Waals surface area (Å²) in [5.41, 5.74) is 2.90. The molecule has 2 heterocycles. The minimum atomic E-state index is -0.333. The molecule has 2 aromatic heterocycles. The highest BCUT2D eigenvalue weighted by molar-refractivity contribution is 5.94. The second kappa shape index (κ2) is 6.42. The van der Waals surface area contributed by atoms with E-state index in [1.54, 1.807) is 16.8 Å². The molecule has 1 aliphatic carbocycles. The van der Waals surface area contributed by atoms with E-state index in [-0.39, 0.29) is 18.3 Å². The summed E-state index contributed by atoms with van der Waals surface area (Å²) in [6, 6.07) is 6.23. The topological polar surface area (TPSA) is 101 Å². The number of carbonyl (C=O) groups excluding carboxylic acids is 1. The highest BCUT2D eigenvalue weighted by Gasteiger charge is 2.25. The fraction of sp³-hybridized carbons (Fsp3) is 0.312. The highest BCUT2D eigenvalue weighted by atomic mass is 19.1. The first-order chi connectivity index (χ1) is 12.2. The summed E-state index contributed by atoms with van der Waals surface area (Å²) in [5, 5.41) is 20.6. The number of aromatic amines is 1. The van der Waals surface area contributed by atoms with Crippen molar-refractivity contribution >= 4 is 5.91 Å². The summed E-state index contributed by atoms with van der Waals surface area (Å²) >= 11 is 0. The minimum absolute atomic E-state index is 0.164. The van der Waals surface area contributed by atoms with Gasteiger partial charge in [0.15, 0.2) is 11.5 Å². The number of carbonyl (C=O) groups is 1. The largest absolute Gasteiger partial charge is 0.343 e. The van der Waals surface area contributed by atoms with Gasteiger partial charge in [0, 0.05) is 11.3 Å².